The van der Waals surface area contributed by atoms with Crippen molar-refractivity contribution in [3.05, 3.63) is 54.2 Å². The molecule has 1 aliphatic heterocycles. The molecule has 1 fully saturated rings. The van der Waals surface area contributed by atoms with E-state index in [4.69, 9.17) is 9.26 Å². The van der Waals surface area contributed by atoms with Crippen molar-refractivity contribution in [2.24, 2.45) is 0 Å². The molecular formula is C19H22N6O3. The molecule has 0 N–H and O–H groups in total. The second-order valence-electron chi connectivity index (χ2n) is 6.69. The maximum Gasteiger partial charge on any atom is 0.256 e. The molecule has 0 radical (unpaired) electrons. The molecule has 1 atom stereocenters. The van der Waals surface area contributed by atoms with Crippen molar-refractivity contribution < 1.29 is 14.1 Å². The van der Waals surface area contributed by atoms with Crippen molar-refractivity contribution in [1.82, 2.24) is 29.8 Å². The van der Waals surface area contributed by atoms with E-state index < -0.39 is 0 Å². The number of piperidine rings is 1. The topological polar surface area (TPSA) is 99.2 Å². The van der Waals surface area contributed by atoms with E-state index in [1.165, 1.54) is 0 Å². The molecule has 146 valence electrons. The summed E-state index contributed by atoms with van der Waals surface area (Å²) in [5.41, 5.74) is 1.33. The lowest BCUT2D eigenvalue weighted by atomic mass is 10.00. The van der Waals surface area contributed by atoms with E-state index in [0.29, 0.717) is 36.9 Å². The number of amides is 1. The summed E-state index contributed by atoms with van der Waals surface area (Å²) >= 11 is 0. The molecule has 28 heavy (non-hydrogen) atoms. The van der Waals surface area contributed by atoms with Crippen LogP contribution >= 0.6 is 0 Å². The number of methoxy groups -OCH3 is 1. The highest BCUT2D eigenvalue weighted by atomic mass is 16.5. The molecule has 3 heterocycles. The molecule has 0 bridgehead atoms. The van der Waals surface area contributed by atoms with Crippen LogP contribution in [0, 0.1) is 0 Å². The summed E-state index contributed by atoms with van der Waals surface area (Å²) in [4.78, 5) is 19.8. The molecule has 0 aliphatic carbocycles. The number of ether oxygens (including phenoxy) is 1. The fourth-order valence-electron chi connectivity index (χ4n) is 3.49. The summed E-state index contributed by atoms with van der Waals surface area (Å²) in [6, 6.07) is 7.22. The molecule has 9 nitrogen and oxygen atoms in total. The highest BCUT2D eigenvalue weighted by Crippen LogP contribution is 2.32. The predicted molar refractivity (Wildman–Crippen MR) is 98.9 cm³/mol. The van der Waals surface area contributed by atoms with Gasteiger partial charge < -0.3 is 14.2 Å². The van der Waals surface area contributed by atoms with E-state index in [2.05, 4.69) is 20.3 Å². The summed E-state index contributed by atoms with van der Waals surface area (Å²) < 4.78 is 12.3. The fourth-order valence-corrected chi connectivity index (χ4v) is 3.49. The van der Waals surface area contributed by atoms with Crippen LogP contribution in [0.5, 0.6) is 0 Å². The Morgan fingerprint density at radius 3 is 2.89 bits per heavy atom. The molecule has 0 unspecified atom stereocenters. The quantitative estimate of drug-likeness (QED) is 0.644. The fraction of sp³-hybridized carbons (Fsp3) is 0.421. The van der Waals surface area contributed by atoms with Gasteiger partial charge in [-0.05, 0) is 31.4 Å². The van der Waals surface area contributed by atoms with Gasteiger partial charge in [-0.15, -0.1) is 10.2 Å². The number of nitrogens with zero attached hydrogens (tertiary/aromatic N) is 6. The number of carbonyl (C=O) groups excluding carboxylic acids is 1. The van der Waals surface area contributed by atoms with Gasteiger partial charge in [0, 0.05) is 20.1 Å². The summed E-state index contributed by atoms with van der Waals surface area (Å²) in [5.74, 6) is 1.02. The predicted octanol–water partition coefficient (Wildman–Crippen LogP) is 2.21. The first kappa shape index (κ1) is 18.3. The molecule has 0 spiro atoms. The Bertz CT molecular complexity index is 923. The number of rotatable bonds is 6. The highest BCUT2D eigenvalue weighted by Gasteiger charge is 2.33. The Balaban J connectivity index is 1.62. The molecule has 4 rings (SSSR count). The Morgan fingerprint density at radius 2 is 2.07 bits per heavy atom. The highest BCUT2D eigenvalue weighted by molar-refractivity contribution is 5.98. The molecule has 1 aromatic carbocycles. The molecule has 1 amide bonds. The van der Waals surface area contributed by atoms with Gasteiger partial charge >= 0.3 is 0 Å². The van der Waals surface area contributed by atoms with Gasteiger partial charge in [0.15, 0.2) is 5.82 Å². The van der Waals surface area contributed by atoms with Crippen LogP contribution < -0.4 is 0 Å². The third-order valence-corrected chi connectivity index (χ3v) is 4.89. The average Bonchev–Trinajstić information content (AvgIpc) is 3.44. The van der Waals surface area contributed by atoms with Gasteiger partial charge in [-0.25, -0.2) is 0 Å². The zero-order valence-electron chi connectivity index (χ0n) is 15.7. The molecule has 3 aromatic rings. The zero-order chi connectivity index (χ0) is 19.3. The van der Waals surface area contributed by atoms with E-state index in [0.717, 1.165) is 24.9 Å². The molecule has 1 aliphatic rings. The van der Waals surface area contributed by atoms with Crippen molar-refractivity contribution in [1.29, 1.82) is 0 Å². The standard InChI is InChI=1S/C19H22N6O3/c1-27-11-9-17-22-18(28-23-17)16-8-4-5-10-25(16)19(26)14-6-2-3-7-15(14)24-12-20-21-13-24/h2-3,6-7,12-13,16H,4-5,8-11H2,1H3/t16-/m0/s1. The van der Waals surface area contributed by atoms with Gasteiger partial charge in [0.05, 0.1) is 17.9 Å². The van der Waals surface area contributed by atoms with E-state index >= 15 is 0 Å². The lowest BCUT2D eigenvalue weighted by molar-refractivity contribution is 0.0561. The van der Waals surface area contributed by atoms with Crippen LogP contribution in [0.25, 0.3) is 5.69 Å². The van der Waals surface area contributed by atoms with Crippen molar-refractivity contribution in [2.45, 2.75) is 31.7 Å². The maximum atomic E-state index is 13.4. The Hall–Kier alpha value is -3.07. The smallest absolute Gasteiger partial charge is 0.256 e. The molecule has 0 saturated carbocycles. The van der Waals surface area contributed by atoms with Crippen LogP contribution in [0.2, 0.25) is 0 Å². The van der Waals surface area contributed by atoms with E-state index in [1.807, 2.05) is 29.2 Å². The number of hydrogen-bond acceptors (Lipinski definition) is 7. The largest absolute Gasteiger partial charge is 0.384 e. The van der Waals surface area contributed by atoms with Crippen LogP contribution in [0.1, 0.15) is 47.4 Å². The van der Waals surface area contributed by atoms with Crippen molar-refractivity contribution in [3.63, 3.8) is 0 Å². The number of para-hydroxylation sites is 1. The van der Waals surface area contributed by atoms with Crippen LogP contribution in [0.4, 0.5) is 0 Å². The first-order valence-electron chi connectivity index (χ1n) is 9.34. The number of hydrogen-bond donors (Lipinski definition) is 0. The van der Waals surface area contributed by atoms with Gasteiger partial charge in [-0.3, -0.25) is 9.36 Å². The van der Waals surface area contributed by atoms with Crippen molar-refractivity contribution in [3.8, 4) is 5.69 Å². The minimum absolute atomic E-state index is 0.0642. The minimum atomic E-state index is -0.223. The lowest BCUT2D eigenvalue weighted by Gasteiger charge is -2.33. The summed E-state index contributed by atoms with van der Waals surface area (Å²) in [6.07, 6.45) is 6.50. The molecule has 2 aromatic heterocycles. The van der Waals surface area contributed by atoms with Crippen LogP contribution in [-0.2, 0) is 11.2 Å². The summed E-state index contributed by atoms with van der Waals surface area (Å²) in [7, 11) is 1.63. The van der Waals surface area contributed by atoms with Gasteiger partial charge in [0.2, 0.25) is 5.89 Å². The second-order valence-corrected chi connectivity index (χ2v) is 6.69. The third kappa shape index (κ3) is 3.65. The molecule has 9 heteroatoms. The normalized spacial score (nSPS) is 17.0. The number of carbonyl (C=O) groups is 1. The van der Waals surface area contributed by atoms with Crippen LogP contribution in [-0.4, -0.2) is 56.0 Å². The monoisotopic (exact) mass is 382 g/mol. The van der Waals surface area contributed by atoms with E-state index in [9.17, 15) is 4.79 Å². The second kappa shape index (κ2) is 8.30. The van der Waals surface area contributed by atoms with Crippen LogP contribution in [0.3, 0.4) is 0 Å². The third-order valence-electron chi connectivity index (χ3n) is 4.89. The Morgan fingerprint density at radius 1 is 1.25 bits per heavy atom. The zero-order valence-corrected chi connectivity index (χ0v) is 15.7. The first-order chi connectivity index (χ1) is 13.8. The lowest BCUT2D eigenvalue weighted by Crippen LogP contribution is -2.39. The number of likely N-dealkylation sites (tertiary alicyclic amines) is 1. The SMILES string of the molecule is COCCc1noc([C@@H]2CCCCN2C(=O)c2ccccc2-n2cnnc2)n1. The maximum absolute atomic E-state index is 13.4. The first-order valence-corrected chi connectivity index (χ1v) is 9.34. The van der Waals surface area contributed by atoms with Gasteiger partial charge in [-0.2, -0.15) is 4.98 Å². The number of benzene rings is 1. The van der Waals surface area contributed by atoms with E-state index in [1.54, 1.807) is 24.3 Å². The average molecular weight is 382 g/mol. The molecular weight excluding hydrogens is 360 g/mol. The van der Waals surface area contributed by atoms with Crippen molar-refractivity contribution in [2.75, 3.05) is 20.3 Å². The number of aromatic nitrogens is 5. The Kier molecular flexibility index (Phi) is 5.43. The molecule has 1 saturated heterocycles. The van der Waals surface area contributed by atoms with Gasteiger partial charge in [-0.1, -0.05) is 17.3 Å². The minimum Gasteiger partial charge on any atom is -0.384 e. The van der Waals surface area contributed by atoms with E-state index in [-0.39, 0.29) is 11.9 Å². The summed E-state index contributed by atoms with van der Waals surface area (Å²) in [5, 5.41) is 11.7. The van der Waals surface area contributed by atoms with Crippen LogP contribution in [0.15, 0.2) is 41.4 Å². The Labute approximate surface area is 162 Å². The van der Waals surface area contributed by atoms with Crippen molar-refractivity contribution >= 4 is 5.91 Å². The van der Waals surface area contributed by atoms with Gasteiger partial charge in [0.25, 0.3) is 5.91 Å². The van der Waals surface area contributed by atoms with Gasteiger partial charge in [0.1, 0.15) is 18.7 Å². The summed E-state index contributed by atoms with van der Waals surface area (Å²) in [6.45, 7) is 1.17.